The molecule has 0 saturated carbocycles. The van der Waals surface area contributed by atoms with Crippen molar-refractivity contribution >= 4 is 17.3 Å². The maximum atomic E-state index is 12.1. The lowest BCUT2D eigenvalue weighted by Gasteiger charge is -2.11. The highest BCUT2D eigenvalue weighted by Crippen LogP contribution is 2.24. The number of nitrogens with zero attached hydrogens (tertiary/aromatic N) is 1. The predicted octanol–water partition coefficient (Wildman–Crippen LogP) is 2.70. The van der Waals surface area contributed by atoms with Gasteiger partial charge >= 0.3 is 0 Å². The standard InChI is InChI=1S/C15H17N3O2/c1-2-7-20-14-6-4-3-5-13(14)18-15(19)11-8-12(16)10-17-9-11/h3-6,8-10H,2,7,16H2,1H3,(H,18,19). The van der Waals surface area contributed by atoms with E-state index < -0.39 is 0 Å². The fourth-order valence-electron chi connectivity index (χ4n) is 1.68. The lowest BCUT2D eigenvalue weighted by molar-refractivity contribution is 0.102. The van der Waals surface area contributed by atoms with Gasteiger partial charge in [-0.15, -0.1) is 0 Å². The van der Waals surface area contributed by atoms with Gasteiger partial charge in [0.15, 0.2) is 0 Å². The summed E-state index contributed by atoms with van der Waals surface area (Å²) in [5.41, 5.74) is 7.12. The summed E-state index contributed by atoms with van der Waals surface area (Å²) >= 11 is 0. The first-order chi connectivity index (χ1) is 9.70. The number of ether oxygens (including phenoxy) is 1. The minimum atomic E-state index is -0.266. The Bertz CT molecular complexity index is 599. The first kappa shape index (κ1) is 13.9. The van der Waals surface area contributed by atoms with Crippen LogP contribution in [0.4, 0.5) is 11.4 Å². The zero-order valence-corrected chi connectivity index (χ0v) is 11.3. The average Bonchev–Trinajstić information content (AvgIpc) is 2.46. The summed E-state index contributed by atoms with van der Waals surface area (Å²) in [5.74, 6) is 0.386. The van der Waals surface area contributed by atoms with Crippen molar-refractivity contribution in [2.24, 2.45) is 0 Å². The Morgan fingerprint density at radius 2 is 2.15 bits per heavy atom. The Morgan fingerprint density at radius 3 is 2.90 bits per heavy atom. The molecule has 1 aromatic carbocycles. The highest BCUT2D eigenvalue weighted by atomic mass is 16.5. The van der Waals surface area contributed by atoms with Crippen LogP contribution < -0.4 is 15.8 Å². The van der Waals surface area contributed by atoms with E-state index in [2.05, 4.69) is 10.3 Å². The molecule has 0 aliphatic carbocycles. The quantitative estimate of drug-likeness (QED) is 0.876. The lowest BCUT2D eigenvalue weighted by Crippen LogP contribution is -2.13. The third kappa shape index (κ3) is 3.47. The number of aromatic nitrogens is 1. The van der Waals surface area contributed by atoms with Crippen LogP contribution in [-0.2, 0) is 0 Å². The molecule has 2 aromatic rings. The van der Waals surface area contributed by atoms with Gasteiger partial charge in [-0.2, -0.15) is 0 Å². The number of pyridine rings is 1. The SMILES string of the molecule is CCCOc1ccccc1NC(=O)c1cncc(N)c1. The van der Waals surface area contributed by atoms with Crippen molar-refractivity contribution in [3.63, 3.8) is 0 Å². The molecular weight excluding hydrogens is 254 g/mol. The maximum absolute atomic E-state index is 12.1. The molecule has 2 rings (SSSR count). The molecule has 0 fully saturated rings. The van der Waals surface area contributed by atoms with E-state index in [9.17, 15) is 4.79 Å². The molecule has 0 radical (unpaired) electrons. The second-order valence-electron chi connectivity index (χ2n) is 4.31. The second-order valence-corrected chi connectivity index (χ2v) is 4.31. The van der Waals surface area contributed by atoms with Gasteiger partial charge in [0.1, 0.15) is 5.75 Å². The van der Waals surface area contributed by atoms with Gasteiger partial charge in [0, 0.05) is 12.4 Å². The van der Waals surface area contributed by atoms with Crippen molar-refractivity contribution in [3.05, 3.63) is 48.3 Å². The number of hydrogen-bond acceptors (Lipinski definition) is 4. The van der Waals surface area contributed by atoms with Gasteiger partial charge < -0.3 is 15.8 Å². The van der Waals surface area contributed by atoms with Crippen molar-refractivity contribution in [1.29, 1.82) is 0 Å². The number of benzene rings is 1. The largest absolute Gasteiger partial charge is 0.491 e. The minimum Gasteiger partial charge on any atom is -0.491 e. The third-order valence-corrected chi connectivity index (χ3v) is 2.62. The van der Waals surface area contributed by atoms with Crippen molar-refractivity contribution in [2.75, 3.05) is 17.7 Å². The molecule has 0 aliphatic rings. The summed E-state index contributed by atoms with van der Waals surface area (Å²) in [6.45, 7) is 2.63. The van der Waals surface area contributed by atoms with Crippen LogP contribution in [0.1, 0.15) is 23.7 Å². The second kappa shape index (κ2) is 6.56. The highest BCUT2D eigenvalue weighted by molar-refractivity contribution is 6.05. The lowest BCUT2D eigenvalue weighted by atomic mass is 10.2. The molecule has 0 atom stereocenters. The average molecular weight is 271 g/mol. The number of carbonyl (C=O) groups excluding carboxylic acids is 1. The van der Waals surface area contributed by atoms with Crippen LogP contribution in [0.2, 0.25) is 0 Å². The Morgan fingerprint density at radius 1 is 1.35 bits per heavy atom. The summed E-state index contributed by atoms with van der Waals surface area (Å²) in [7, 11) is 0. The fraction of sp³-hybridized carbons (Fsp3) is 0.200. The fourth-order valence-corrected chi connectivity index (χ4v) is 1.68. The zero-order chi connectivity index (χ0) is 14.4. The molecule has 3 N–H and O–H groups in total. The van der Waals surface area contributed by atoms with Crippen LogP contribution in [0.15, 0.2) is 42.7 Å². The van der Waals surface area contributed by atoms with E-state index in [0.717, 1.165) is 6.42 Å². The van der Waals surface area contributed by atoms with E-state index in [4.69, 9.17) is 10.5 Å². The van der Waals surface area contributed by atoms with Crippen molar-refractivity contribution < 1.29 is 9.53 Å². The van der Waals surface area contributed by atoms with Gasteiger partial charge in [-0.25, -0.2) is 0 Å². The molecule has 0 saturated heterocycles. The number of para-hydroxylation sites is 2. The molecular formula is C15H17N3O2. The van der Waals surface area contributed by atoms with E-state index in [1.807, 2.05) is 25.1 Å². The molecule has 5 nitrogen and oxygen atoms in total. The molecule has 1 aromatic heterocycles. The number of nitrogen functional groups attached to an aromatic ring is 1. The van der Waals surface area contributed by atoms with Crippen molar-refractivity contribution in [3.8, 4) is 5.75 Å². The number of rotatable bonds is 5. The molecule has 5 heteroatoms. The molecule has 0 bridgehead atoms. The van der Waals surface area contributed by atoms with Crippen molar-refractivity contribution in [2.45, 2.75) is 13.3 Å². The van der Waals surface area contributed by atoms with Gasteiger partial charge in [0.25, 0.3) is 5.91 Å². The van der Waals surface area contributed by atoms with Crippen LogP contribution in [0.5, 0.6) is 5.75 Å². The number of carbonyl (C=O) groups is 1. The number of amides is 1. The molecule has 1 amide bonds. The molecule has 20 heavy (non-hydrogen) atoms. The monoisotopic (exact) mass is 271 g/mol. The third-order valence-electron chi connectivity index (χ3n) is 2.62. The normalized spacial score (nSPS) is 10.1. The summed E-state index contributed by atoms with van der Waals surface area (Å²) in [6, 6.07) is 8.90. The predicted molar refractivity (Wildman–Crippen MR) is 78.8 cm³/mol. The first-order valence-corrected chi connectivity index (χ1v) is 6.44. The van der Waals surface area contributed by atoms with Crippen LogP contribution in [0.3, 0.4) is 0 Å². The van der Waals surface area contributed by atoms with E-state index in [0.29, 0.717) is 29.3 Å². The molecule has 0 spiro atoms. The summed E-state index contributed by atoms with van der Waals surface area (Å²) in [6.07, 6.45) is 3.87. The van der Waals surface area contributed by atoms with E-state index in [1.54, 1.807) is 12.1 Å². The summed E-state index contributed by atoms with van der Waals surface area (Å²) in [4.78, 5) is 16.0. The van der Waals surface area contributed by atoms with Crippen LogP contribution in [0, 0.1) is 0 Å². The maximum Gasteiger partial charge on any atom is 0.257 e. The van der Waals surface area contributed by atoms with Crippen LogP contribution >= 0.6 is 0 Å². The van der Waals surface area contributed by atoms with Crippen molar-refractivity contribution in [1.82, 2.24) is 4.98 Å². The highest BCUT2D eigenvalue weighted by Gasteiger charge is 2.10. The van der Waals surface area contributed by atoms with Gasteiger partial charge in [0.2, 0.25) is 0 Å². The molecule has 0 aliphatic heterocycles. The molecule has 0 unspecified atom stereocenters. The van der Waals surface area contributed by atoms with Gasteiger partial charge in [-0.3, -0.25) is 9.78 Å². The topological polar surface area (TPSA) is 77.2 Å². The van der Waals surface area contributed by atoms with E-state index in [-0.39, 0.29) is 5.91 Å². The summed E-state index contributed by atoms with van der Waals surface area (Å²) in [5, 5.41) is 2.80. The van der Waals surface area contributed by atoms with E-state index in [1.165, 1.54) is 12.4 Å². The van der Waals surface area contributed by atoms with Crippen LogP contribution in [-0.4, -0.2) is 17.5 Å². The number of anilines is 2. The minimum absolute atomic E-state index is 0.266. The summed E-state index contributed by atoms with van der Waals surface area (Å²) < 4.78 is 5.59. The zero-order valence-electron chi connectivity index (χ0n) is 11.3. The Kier molecular flexibility index (Phi) is 4.55. The number of nitrogens with two attached hydrogens (primary N) is 1. The molecule has 1 heterocycles. The smallest absolute Gasteiger partial charge is 0.257 e. The number of nitrogens with one attached hydrogen (secondary N) is 1. The van der Waals surface area contributed by atoms with Gasteiger partial charge in [-0.1, -0.05) is 19.1 Å². The Hall–Kier alpha value is -2.56. The molecule has 104 valence electrons. The number of hydrogen-bond donors (Lipinski definition) is 2. The van der Waals surface area contributed by atoms with E-state index >= 15 is 0 Å². The van der Waals surface area contributed by atoms with Gasteiger partial charge in [0.05, 0.1) is 23.5 Å². The Labute approximate surface area is 117 Å². The first-order valence-electron chi connectivity index (χ1n) is 6.44. The Balaban J connectivity index is 2.15. The van der Waals surface area contributed by atoms with Crippen LogP contribution in [0.25, 0.3) is 0 Å². The van der Waals surface area contributed by atoms with Gasteiger partial charge in [-0.05, 0) is 24.6 Å².